The normalized spacial score (nSPS) is 14.6. The van der Waals surface area contributed by atoms with Crippen molar-refractivity contribution in [3.8, 4) is 0 Å². The largest absolute Gasteiger partial charge is 0.289 e. The molecule has 2 N–H and O–H groups in total. The van der Waals surface area contributed by atoms with Gasteiger partial charge in [0.15, 0.2) is 11.6 Å². The van der Waals surface area contributed by atoms with E-state index >= 15 is 0 Å². The van der Waals surface area contributed by atoms with E-state index in [4.69, 9.17) is 0 Å². The van der Waals surface area contributed by atoms with Crippen molar-refractivity contribution in [3.05, 3.63) is 94.0 Å². The Balaban J connectivity index is 1.52. The van der Waals surface area contributed by atoms with Gasteiger partial charge in [0.05, 0.1) is 16.0 Å². The van der Waals surface area contributed by atoms with Crippen molar-refractivity contribution in [1.29, 1.82) is 0 Å². The molecule has 0 atom stereocenters. The molecule has 0 bridgehead atoms. The molecular weight excluding hydrogens is 420 g/mol. The third-order valence-corrected chi connectivity index (χ3v) is 6.57. The molecule has 0 radical (unpaired) electrons. The van der Waals surface area contributed by atoms with E-state index in [-0.39, 0.29) is 49.7 Å². The first-order valence-electron chi connectivity index (χ1n) is 9.11. The van der Waals surface area contributed by atoms with Gasteiger partial charge in [-0.25, -0.2) is 8.42 Å². The van der Waals surface area contributed by atoms with Crippen molar-refractivity contribution in [3.63, 3.8) is 0 Å². The van der Waals surface area contributed by atoms with Crippen molar-refractivity contribution in [1.82, 2.24) is 5.32 Å². The zero-order valence-corrected chi connectivity index (χ0v) is 16.4. The highest BCUT2D eigenvalue weighted by atomic mass is 32.2. The van der Waals surface area contributed by atoms with E-state index in [0.717, 1.165) is 6.07 Å². The summed E-state index contributed by atoms with van der Waals surface area (Å²) in [5.74, 6) is -1.95. The zero-order valence-electron chi connectivity index (χ0n) is 15.6. The number of imide groups is 1. The fourth-order valence-electron chi connectivity index (χ4n) is 3.69. The van der Waals surface area contributed by atoms with Crippen LogP contribution >= 0.6 is 0 Å². The minimum Gasteiger partial charge on any atom is -0.289 e. The maximum Gasteiger partial charge on any atom is 0.261 e. The van der Waals surface area contributed by atoms with E-state index < -0.39 is 27.6 Å². The number of benzene rings is 3. The van der Waals surface area contributed by atoms with Gasteiger partial charge in [-0.1, -0.05) is 24.3 Å². The minimum atomic E-state index is -4.14. The van der Waals surface area contributed by atoms with Crippen LogP contribution in [0.5, 0.6) is 0 Å². The summed E-state index contributed by atoms with van der Waals surface area (Å²) in [7, 11) is -4.14. The molecule has 0 saturated carbocycles. The number of amides is 2. The molecule has 0 saturated heterocycles. The van der Waals surface area contributed by atoms with Crippen LogP contribution in [0.15, 0.2) is 65.6 Å². The SMILES string of the molecule is O=C1NC(=O)c2cc(NS(=O)(=O)c3ccc4c(c3)C(=O)c3ccccc3C4=O)ccc21. The van der Waals surface area contributed by atoms with Gasteiger partial charge in [-0.3, -0.25) is 29.2 Å². The maximum atomic E-state index is 12.9. The fourth-order valence-corrected chi connectivity index (χ4v) is 4.77. The number of hydrogen-bond donors (Lipinski definition) is 2. The third-order valence-electron chi connectivity index (χ3n) is 5.19. The van der Waals surface area contributed by atoms with Gasteiger partial charge < -0.3 is 0 Å². The van der Waals surface area contributed by atoms with Crippen LogP contribution < -0.4 is 10.0 Å². The monoisotopic (exact) mass is 432 g/mol. The van der Waals surface area contributed by atoms with Gasteiger partial charge in [-0.05, 0) is 36.4 Å². The molecule has 1 aliphatic carbocycles. The fraction of sp³-hybridized carbons (Fsp3) is 0. The van der Waals surface area contributed by atoms with Gasteiger partial charge >= 0.3 is 0 Å². The Bertz CT molecular complexity index is 1470. The molecule has 1 heterocycles. The summed E-state index contributed by atoms with van der Waals surface area (Å²) < 4.78 is 28.1. The molecule has 9 heteroatoms. The van der Waals surface area contributed by atoms with E-state index in [1.165, 1.54) is 36.4 Å². The average molecular weight is 432 g/mol. The highest BCUT2D eigenvalue weighted by Gasteiger charge is 2.31. The molecule has 8 nitrogen and oxygen atoms in total. The topological polar surface area (TPSA) is 126 Å². The van der Waals surface area contributed by atoms with E-state index in [1.807, 2.05) is 0 Å². The lowest BCUT2D eigenvalue weighted by molar-refractivity contribution is 0.0878. The Hall–Kier alpha value is -4.11. The van der Waals surface area contributed by atoms with Gasteiger partial charge in [-0.15, -0.1) is 0 Å². The quantitative estimate of drug-likeness (QED) is 0.478. The van der Waals surface area contributed by atoms with Crippen LogP contribution in [0.3, 0.4) is 0 Å². The van der Waals surface area contributed by atoms with E-state index in [9.17, 15) is 27.6 Å². The van der Waals surface area contributed by atoms with Crippen LogP contribution in [0.4, 0.5) is 5.69 Å². The number of fused-ring (bicyclic) bond motifs is 3. The molecule has 0 aromatic heterocycles. The van der Waals surface area contributed by atoms with Crippen molar-refractivity contribution in [2.45, 2.75) is 4.90 Å². The van der Waals surface area contributed by atoms with Gasteiger partial charge in [0.25, 0.3) is 21.8 Å². The van der Waals surface area contributed by atoms with Crippen LogP contribution in [-0.2, 0) is 10.0 Å². The van der Waals surface area contributed by atoms with Crippen LogP contribution in [0.1, 0.15) is 52.6 Å². The summed E-state index contributed by atoms with van der Waals surface area (Å²) in [5.41, 5.74) is 0.934. The first kappa shape index (κ1) is 18.9. The smallest absolute Gasteiger partial charge is 0.261 e. The number of nitrogens with one attached hydrogen (secondary N) is 2. The zero-order chi connectivity index (χ0) is 21.9. The number of hydrogen-bond acceptors (Lipinski definition) is 6. The summed E-state index contributed by atoms with van der Waals surface area (Å²) in [6, 6.07) is 14.0. The number of carbonyl (C=O) groups excluding carboxylic acids is 4. The molecule has 0 fully saturated rings. The standard InChI is InChI=1S/C22H12N2O6S/c25-19-13-3-1-2-4-14(13)20(26)17-10-12(6-8-15(17)19)31(29,30)24-11-5-7-16-18(9-11)22(28)23-21(16)27/h1-10,24H,(H,23,27,28). The van der Waals surface area contributed by atoms with Crippen molar-refractivity contribution < 1.29 is 27.6 Å². The minimum absolute atomic E-state index is 0.00510. The van der Waals surface area contributed by atoms with Crippen molar-refractivity contribution in [2.75, 3.05) is 4.72 Å². The summed E-state index contributed by atoms with van der Waals surface area (Å²) in [6.45, 7) is 0. The number of anilines is 1. The second-order valence-corrected chi connectivity index (χ2v) is 8.74. The number of sulfonamides is 1. The second-order valence-electron chi connectivity index (χ2n) is 7.06. The Labute approximate surface area is 176 Å². The van der Waals surface area contributed by atoms with Crippen LogP contribution in [0, 0.1) is 0 Å². The average Bonchev–Trinajstić information content (AvgIpc) is 3.04. The van der Waals surface area contributed by atoms with Crippen LogP contribution in [-0.4, -0.2) is 31.8 Å². The van der Waals surface area contributed by atoms with Crippen molar-refractivity contribution in [2.24, 2.45) is 0 Å². The molecule has 1 aliphatic heterocycles. The van der Waals surface area contributed by atoms with Gasteiger partial charge in [0, 0.05) is 27.9 Å². The molecular formula is C22H12N2O6S. The van der Waals surface area contributed by atoms with Crippen LogP contribution in [0.25, 0.3) is 0 Å². The summed E-state index contributed by atoms with van der Waals surface area (Å²) >= 11 is 0. The molecule has 3 aromatic carbocycles. The lowest BCUT2D eigenvalue weighted by Gasteiger charge is -2.18. The second kappa shape index (κ2) is 6.44. The maximum absolute atomic E-state index is 12.9. The Morgan fingerprint density at radius 2 is 1.19 bits per heavy atom. The molecule has 31 heavy (non-hydrogen) atoms. The molecule has 5 rings (SSSR count). The lowest BCUT2D eigenvalue weighted by Crippen LogP contribution is -2.22. The molecule has 3 aromatic rings. The first-order valence-corrected chi connectivity index (χ1v) is 10.6. The van der Waals surface area contributed by atoms with Crippen molar-refractivity contribution >= 4 is 39.1 Å². The molecule has 0 unspecified atom stereocenters. The van der Waals surface area contributed by atoms with Gasteiger partial charge in [-0.2, -0.15) is 0 Å². The number of rotatable bonds is 3. The summed E-state index contributed by atoms with van der Waals surface area (Å²) in [4.78, 5) is 48.8. The predicted molar refractivity (Wildman–Crippen MR) is 109 cm³/mol. The predicted octanol–water partition coefficient (Wildman–Crippen LogP) is 2.15. The number of ketones is 2. The van der Waals surface area contributed by atoms with E-state index in [1.54, 1.807) is 18.2 Å². The van der Waals surface area contributed by atoms with E-state index in [0.29, 0.717) is 0 Å². The van der Waals surface area contributed by atoms with E-state index in [2.05, 4.69) is 10.0 Å². The molecule has 0 spiro atoms. The summed E-state index contributed by atoms with van der Waals surface area (Å²) in [6.07, 6.45) is 0. The highest BCUT2D eigenvalue weighted by molar-refractivity contribution is 7.92. The molecule has 152 valence electrons. The third kappa shape index (κ3) is 2.86. The Kier molecular flexibility index (Phi) is 3.93. The Morgan fingerprint density at radius 1 is 0.613 bits per heavy atom. The molecule has 2 aliphatic rings. The van der Waals surface area contributed by atoms with Crippen LogP contribution in [0.2, 0.25) is 0 Å². The lowest BCUT2D eigenvalue weighted by atomic mass is 9.84. The summed E-state index contributed by atoms with van der Waals surface area (Å²) in [5, 5.41) is 2.13. The Morgan fingerprint density at radius 3 is 1.90 bits per heavy atom. The van der Waals surface area contributed by atoms with Gasteiger partial charge in [0.2, 0.25) is 0 Å². The number of carbonyl (C=O) groups is 4. The first-order chi connectivity index (χ1) is 14.8. The van der Waals surface area contributed by atoms with Gasteiger partial charge in [0.1, 0.15) is 0 Å². The molecule has 2 amide bonds. The highest BCUT2D eigenvalue weighted by Crippen LogP contribution is 2.30.